The number of likely N-dealkylation sites (tertiary alicyclic amines) is 1. The van der Waals surface area contributed by atoms with Gasteiger partial charge in [0.25, 0.3) is 0 Å². The largest absolute Gasteiger partial charge is 0.368 e. The van der Waals surface area contributed by atoms with Crippen LogP contribution in [-0.4, -0.2) is 35.5 Å². The summed E-state index contributed by atoms with van der Waals surface area (Å²) in [4.78, 5) is 15.4. The molecule has 210 valence electrons. The Hall–Kier alpha value is -2.24. The number of benzene rings is 2. The Labute approximate surface area is 239 Å². The van der Waals surface area contributed by atoms with Gasteiger partial charge in [0.05, 0.1) is 17.1 Å². The third kappa shape index (κ3) is 5.41. The fourth-order valence-electron chi connectivity index (χ4n) is 6.93. The van der Waals surface area contributed by atoms with Gasteiger partial charge in [0, 0.05) is 28.6 Å². The fourth-order valence-corrected chi connectivity index (χ4v) is 7.27. The topological polar surface area (TPSA) is 96.1 Å². The van der Waals surface area contributed by atoms with Crippen LogP contribution in [0.15, 0.2) is 36.4 Å². The number of nitrogens with two attached hydrogens (primary N) is 2. The van der Waals surface area contributed by atoms with Crippen molar-refractivity contribution in [3.63, 3.8) is 0 Å². The molecule has 0 spiro atoms. The summed E-state index contributed by atoms with van der Waals surface area (Å²) in [5.74, 6) is -2.87. The SMILES string of the molecule is CC(C)(C)CC1N(C2CCC(CN)CC2)[C@H](C(N)=O)C(c2cccc(Cl)c2F)C1(C#N)c1ccc(Cl)cc1F. The van der Waals surface area contributed by atoms with Gasteiger partial charge in [-0.2, -0.15) is 5.26 Å². The Morgan fingerprint density at radius 3 is 2.36 bits per heavy atom. The highest BCUT2D eigenvalue weighted by atomic mass is 35.5. The maximum Gasteiger partial charge on any atom is 0.235 e. The predicted molar refractivity (Wildman–Crippen MR) is 150 cm³/mol. The highest BCUT2D eigenvalue weighted by Crippen LogP contribution is 2.58. The van der Waals surface area contributed by atoms with Gasteiger partial charge in [-0.05, 0) is 73.7 Å². The van der Waals surface area contributed by atoms with E-state index in [0.717, 1.165) is 31.7 Å². The van der Waals surface area contributed by atoms with Gasteiger partial charge in [0.1, 0.15) is 17.0 Å². The van der Waals surface area contributed by atoms with Crippen LogP contribution in [0.5, 0.6) is 0 Å². The zero-order valence-corrected chi connectivity index (χ0v) is 24.1. The molecule has 5 nitrogen and oxygen atoms in total. The molecule has 1 saturated carbocycles. The van der Waals surface area contributed by atoms with Gasteiger partial charge in [-0.15, -0.1) is 0 Å². The van der Waals surface area contributed by atoms with Crippen LogP contribution >= 0.6 is 23.2 Å². The van der Waals surface area contributed by atoms with E-state index in [1.807, 2.05) is 25.7 Å². The van der Waals surface area contributed by atoms with Gasteiger partial charge in [-0.25, -0.2) is 8.78 Å². The number of primary amides is 1. The molecule has 1 aliphatic heterocycles. The molecule has 4 N–H and O–H groups in total. The highest BCUT2D eigenvalue weighted by molar-refractivity contribution is 6.31. The molecule has 3 unspecified atom stereocenters. The van der Waals surface area contributed by atoms with E-state index in [2.05, 4.69) is 6.07 Å². The lowest BCUT2D eigenvalue weighted by atomic mass is 9.62. The van der Waals surface area contributed by atoms with Gasteiger partial charge >= 0.3 is 0 Å². The molecule has 39 heavy (non-hydrogen) atoms. The second-order valence-electron chi connectivity index (χ2n) is 12.2. The molecule has 2 aliphatic rings. The zero-order valence-electron chi connectivity index (χ0n) is 22.6. The van der Waals surface area contributed by atoms with Gasteiger partial charge < -0.3 is 11.5 Å². The maximum absolute atomic E-state index is 15.9. The van der Waals surface area contributed by atoms with Crippen LogP contribution in [0.3, 0.4) is 0 Å². The Morgan fingerprint density at radius 2 is 1.82 bits per heavy atom. The number of hydrogen-bond donors (Lipinski definition) is 2. The van der Waals surface area contributed by atoms with Crippen LogP contribution in [0.1, 0.15) is 69.9 Å². The summed E-state index contributed by atoms with van der Waals surface area (Å²) in [5, 5.41) is 11.1. The Morgan fingerprint density at radius 1 is 1.15 bits per heavy atom. The molecule has 1 amide bonds. The zero-order chi connectivity index (χ0) is 28.7. The minimum absolute atomic E-state index is 0.0671. The first-order valence-corrected chi connectivity index (χ1v) is 14.2. The van der Waals surface area contributed by atoms with Crippen molar-refractivity contribution in [3.8, 4) is 6.07 Å². The summed E-state index contributed by atoms with van der Waals surface area (Å²) >= 11 is 12.3. The second kappa shape index (κ2) is 11.3. The van der Waals surface area contributed by atoms with Crippen molar-refractivity contribution in [3.05, 3.63) is 69.2 Å². The van der Waals surface area contributed by atoms with Crippen molar-refractivity contribution >= 4 is 29.1 Å². The summed E-state index contributed by atoms with van der Waals surface area (Å²) in [6.07, 6.45) is 3.62. The molecule has 2 aromatic rings. The Bertz CT molecular complexity index is 1270. The third-order valence-electron chi connectivity index (χ3n) is 8.56. The Balaban J connectivity index is 2.06. The number of nitriles is 1. The molecule has 4 rings (SSSR count). The van der Waals surface area contributed by atoms with Crippen molar-refractivity contribution in [2.75, 3.05) is 6.54 Å². The molecule has 0 aromatic heterocycles. The summed E-state index contributed by atoms with van der Waals surface area (Å²) in [7, 11) is 0. The normalized spacial score (nSPS) is 29.8. The lowest BCUT2D eigenvalue weighted by molar-refractivity contribution is -0.124. The first kappa shape index (κ1) is 29.7. The maximum atomic E-state index is 15.9. The first-order chi connectivity index (χ1) is 18.4. The summed E-state index contributed by atoms with van der Waals surface area (Å²) in [6.45, 7) is 6.67. The number of nitrogens with zero attached hydrogens (tertiary/aromatic N) is 2. The number of carbonyl (C=O) groups excluding carboxylic acids is 1. The molecule has 2 fully saturated rings. The molecule has 0 bridgehead atoms. The van der Waals surface area contributed by atoms with Gasteiger partial charge in [-0.3, -0.25) is 9.69 Å². The van der Waals surface area contributed by atoms with Crippen molar-refractivity contribution in [1.29, 1.82) is 5.26 Å². The predicted octanol–water partition coefficient (Wildman–Crippen LogP) is 6.31. The fraction of sp³-hybridized carbons (Fsp3) is 0.533. The molecule has 4 atom stereocenters. The van der Waals surface area contributed by atoms with Crippen LogP contribution in [0.25, 0.3) is 0 Å². The van der Waals surface area contributed by atoms with E-state index in [1.165, 1.54) is 24.3 Å². The lowest BCUT2D eigenvalue weighted by Gasteiger charge is -2.44. The minimum atomic E-state index is -1.67. The molecule has 1 heterocycles. The summed E-state index contributed by atoms with van der Waals surface area (Å²) < 4.78 is 31.7. The van der Waals surface area contributed by atoms with Crippen molar-refractivity contribution < 1.29 is 13.6 Å². The average Bonchev–Trinajstić information content (AvgIpc) is 3.15. The van der Waals surface area contributed by atoms with Crippen molar-refractivity contribution in [2.45, 2.75) is 82.3 Å². The number of amides is 1. The van der Waals surface area contributed by atoms with Gasteiger partial charge in [0.15, 0.2) is 0 Å². The molecular weight excluding hydrogens is 541 g/mol. The Kier molecular flexibility index (Phi) is 8.64. The molecule has 1 saturated heterocycles. The summed E-state index contributed by atoms with van der Waals surface area (Å²) in [5.41, 5.74) is 10.2. The van der Waals surface area contributed by atoms with E-state index in [9.17, 15) is 10.1 Å². The third-order valence-corrected chi connectivity index (χ3v) is 9.09. The van der Waals surface area contributed by atoms with Crippen LogP contribution in [0, 0.1) is 34.3 Å². The molecule has 0 radical (unpaired) electrons. The number of carbonyl (C=O) groups is 1. The molecule has 2 aromatic carbocycles. The van der Waals surface area contributed by atoms with Crippen LogP contribution in [0.4, 0.5) is 8.78 Å². The van der Waals surface area contributed by atoms with Crippen LogP contribution in [0.2, 0.25) is 10.0 Å². The number of rotatable bonds is 6. The van der Waals surface area contributed by atoms with E-state index in [0.29, 0.717) is 18.9 Å². The van der Waals surface area contributed by atoms with E-state index in [4.69, 9.17) is 34.7 Å². The van der Waals surface area contributed by atoms with Crippen molar-refractivity contribution in [1.82, 2.24) is 4.90 Å². The van der Waals surface area contributed by atoms with Crippen LogP contribution in [-0.2, 0) is 10.2 Å². The van der Waals surface area contributed by atoms with E-state index >= 15 is 8.78 Å². The lowest BCUT2D eigenvalue weighted by Crippen LogP contribution is -2.53. The second-order valence-corrected chi connectivity index (χ2v) is 13.1. The first-order valence-electron chi connectivity index (χ1n) is 13.4. The van der Waals surface area contributed by atoms with Crippen molar-refractivity contribution in [2.24, 2.45) is 22.8 Å². The average molecular weight is 578 g/mol. The smallest absolute Gasteiger partial charge is 0.235 e. The summed E-state index contributed by atoms with van der Waals surface area (Å²) in [6, 6.07) is 9.26. The highest BCUT2D eigenvalue weighted by Gasteiger charge is 2.65. The van der Waals surface area contributed by atoms with Crippen LogP contribution < -0.4 is 11.5 Å². The number of halogens is 4. The van der Waals surface area contributed by atoms with E-state index < -0.39 is 41.0 Å². The number of hydrogen-bond acceptors (Lipinski definition) is 4. The van der Waals surface area contributed by atoms with Gasteiger partial charge in [-0.1, -0.05) is 62.2 Å². The van der Waals surface area contributed by atoms with Gasteiger partial charge in [0.2, 0.25) is 5.91 Å². The monoisotopic (exact) mass is 576 g/mol. The van der Waals surface area contributed by atoms with E-state index in [-0.39, 0.29) is 32.6 Å². The van der Waals surface area contributed by atoms with E-state index in [1.54, 1.807) is 6.07 Å². The minimum Gasteiger partial charge on any atom is -0.368 e. The molecule has 9 heteroatoms. The quantitative estimate of drug-likeness (QED) is 0.421. The standard InChI is InChI=1S/C30H36Cl2F2N4O/c1-29(2,3)14-24-30(16-36,21-12-9-18(31)13-23(21)33)25(20-5-4-6-22(32)26(20)34)27(28(37)39)38(24)19-10-7-17(15-35)8-11-19/h4-6,9,12-13,17,19,24-25,27H,7-8,10-11,14-15,35H2,1-3H3,(H2,37,39)/t17?,19?,24?,25?,27-,30?/m0/s1. The molecular formula is C30H36Cl2F2N4O. The molecule has 1 aliphatic carbocycles.